The Morgan fingerprint density at radius 3 is 2.54 bits per heavy atom. The average Bonchev–Trinajstić information content (AvgIpc) is 2.88. The lowest BCUT2D eigenvalue weighted by atomic mass is 10.1. The van der Waals surface area contributed by atoms with E-state index >= 15 is 0 Å². The normalized spacial score (nSPS) is 11.6. The minimum absolute atomic E-state index is 0.0550. The van der Waals surface area contributed by atoms with Crippen LogP contribution in [-0.4, -0.2) is 21.5 Å². The van der Waals surface area contributed by atoms with Crippen molar-refractivity contribution in [2.75, 3.05) is 7.11 Å². The molecule has 0 saturated carbocycles. The molecule has 0 unspecified atom stereocenters. The Morgan fingerprint density at radius 1 is 1.12 bits per heavy atom. The van der Waals surface area contributed by atoms with Crippen molar-refractivity contribution in [2.45, 2.75) is 19.6 Å². The lowest BCUT2D eigenvalue weighted by molar-refractivity contribution is -0.137. The highest BCUT2D eigenvalue weighted by molar-refractivity contribution is 5.39. The molecule has 5 nitrogen and oxygen atoms in total. The number of rotatable bonds is 4. The summed E-state index contributed by atoms with van der Waals surface area (Å²) in [5.41, 5.74) is -0.278. The third-order valence-corrected chi connectivity index (χ3v) is 3.90. The molecule has 26 heavy (non-hydrogen) atoms. The van der Waals surface area contributed by atoms with Crippen LogP contribution in [0.2, 0.25) is 0 Å². The minimum atomic E-state index is -4.43. The predicted octanol–water partition coefficient (Wildman–Crippen LogP) is 3.42. The number of ether oxygens (including phenoxy) is 1. The van der Waals surface area contributed by atoms with Gasteiger partial charge in [-0.1, -0.05) is 18.2 Å². The quantitative estimate of drug-likeness (QED) is 0.714. The van der Waals surface area contributed by atoms with Crippen LogP contribution in [0.15, 0.2) is 53.3 Å². The van der Waals surface area contributed by atoms with Crippen molar-refractivity contribution in [3.05, 3.63) is 76.0 Å². The number of alkyl halides is 3. The Hall–Kier alpha value is -3.03. The zero-order chi connectivity index (χ0) is 18.9. The van der Waals surface area contributed by atoms with Gasteiger partial charge < -0.3 is 4.74 Å². The summed E-state index contributed by atoms with van der Waals surface area (Å²) in [7, 11) is 1.52. The van der Waals surface area contributed by atoms with E-state index in [2.05, 4.69) is 5.10 Å². The molecule has 0 radical (unpaired) electrons. The highest BCUT2D eigenvalue weighted by Crippen LogP contribution is 2.29. The molecule has 0 atom stereocenters. The second-order valence-electron chi connectivity index (χ2n) is 5.72. The van der Waals surface area contributed by atoms with Crippen molar-refractivity contribution in [3.63, 3.8) is 0 Å². The molecule has 0 bridgehead atoms. The summed E-state index contributed by atoms with van der Waals surface area (Å²) in [5.74, 6) is 1.01. The van der Waals surface area contributed by atoms with Crippen molar-refractivity contribution < 1.29 is 17.9 Å². The van der Waals surface area contributed by atoms with Gasteiger partial charge in [0.2, 0.25) is 0 Å². The number of hydrogen-bond acceptors (Lipinski definition) is 3. The Kier molecular flexibility index (Phi) is 4.58. The van der Waals surface area contributed by atoms with E-state index in [4.69, 9.17) is 4.74 Å². The summed E-state index contributed by atoms with van der Waals surface area (Å²) in [4.78, 5) is 12.7. The molecule has 8 heteroatoms. The van der Waals surface area contributed by atoms with E-state index in [0.717, 1.165) is 16.8 Å². The van der Waals surface area contributed by atoms with Gasteiger partial charge in [0, 0.05) is 6.07 Å². The Balaban J connectivity index is 1.97. The predicted molar refractivity (Wildman–Crippen MR) is 89.7 cm³/mol. The molecule has 0 N–H and O–H groups in total. The van der Waals surface area contributed by atoms with Crippen LogP contribution in [0.25, 0.3) is 5.69 Å². The molecule has 1 heterocycles. The summed E-state index contributed by atoms with van der Waals surface area (Å²) in [6.45, 7) is 1.60. The maximum absolute atomic E-state index is 12.8. The van der Waals surface area contributed by atoms with Crippen LogP contribution in [0, 0.1) is 6.92 Å². The van der Waals surface area contributed by atoms with E-state index in [0.29, 0.717) is 22.8 Å². The summed E-state index contributed by atoms with van der Waals surface area (Å²) >= 11 is 0. The number of nitrogens with zero attached hydrogens (tertiary/aromatic N) is 3. The SMILES string of the molecule is COc1cccc(-n2c(C)nn(Cc3cccc(C(F)(F)F)c3)c2=O)c1. The molecule has 0 aliphatic rings. The summed E-state index contributed by atoms with van der Waals surface area (Å²) in [6.07, 6.45) is -4.43. The highest BCUT2D eigenvalue weighted by atomic mass is 19.4. The highest BCUT2D eigenvalue weighted by Gasteiger charge is 2.30. The first kappa shape index (κ1) is 17.8. The van der Waals surface area contributed by atoms with Gasteiger partial charge in [0.05, 0.1) is 24.9 Å². The maximum atomic E-state index is 12.8. The second kappa shape index (κ2) is 6.70. The van der Waals surface area contributed by atoms with Crippen molar-refractivity contribution in [2.24, 2.45) is 0 Å². The third-order valence-electron chi connectivity index (χ3n) is 3.90. The molecule has 136 valence electrons. The van der Waals surface area contributed by atoms with E-state index in [-0.39, 0.29) is 6.54 Å². The lowest BCUT2D eigenvalue weighted by Crippen LogP contribution is -2.24. The molecule has 1 aromatic heterocycles. The van der Waals surface area contributed by atoms with Gasteiger partial charge in [-0.15, -0.1) is 0 Å². The van der Waals surface area contributed by atoms with Crippen LogP contribution in [0.4, 0.5) is 13.2 Å². The van der Waals surface area contributed by atoms with E-state index in [1.165, 1.54) is 23.8 Å². The number of benzene rings is 2. The maximum Gasteiger partial charge on any atom is 0.416 e. The molecular formula is C18H16F3N3O2. The third kappa shape index (κ3) is 3.49. The van der Waals surface area contributed by atoms with E-state index in [1.807, 2.05) is 0 Å². The Labute approximate surface area is 147 Å². The fourth-order valence-electron chi connectivity index (χ4n) is 2.68. The van der Waals surface area contributed by atoms with Crippen LogP contribution >= 0.6 is 0 Å². The molecule has 2 aromatic carbocycles. The van der Waals surface area contributed by atoms with Gasteiger partial charge in [-0.05, 0) is 36.8 Å². The van der Waals surface area contributed by atoms with Crippen LogP contribution in [0.1, 0.15) is 17.0 Å². The fraction of sp³-hybridized carbons (Fsp3) is 0.222. The molecule has 0 fully saturated rings. The lowest BCUT2D eigenvalue weighted by Gasteiger charge is -2.08. The van der Waals surface area contributed by atoms with Crippen LogP contribution in [-0.2, 0) is 12.7 Å². The molecule has 0 saturated heterocycles. The van der Waals surface area contributed by atoms with Gasteiger partial charge in [0.25, 0.3) is 0 Å². The summed E-state index contributed by atoms with van der Waals surface area (Å²) in [6, 6.07) is 11.8. The van der Waals surface area contributed by atoms with Gasteiger partial charge in [-0.2, -0.15) is 18.3 Å². The van der Waals surface area contributed by atoms with Crippen molar-refractivity contribution in [1.29, 1.82) is 0 Å². The van der Waals surface area contributed by atoms with Crippen LogP contribution < -0.4 is 10.4 Å². The number of aryl methyl sites for hydroxylation is 1. The first-order valence-electron chi connectivity index (χ1n) is 7.76. The van der Waals surface area contributed by atoms with Gasteiger partial charge in [0.1, 0.15) is 11.6 Å². The molecule has 3 rings (SSSR count). The van der Waals surface area contributed by atoms with Gasteiger partial charge in [-0.3, -0.25) is 0 Å². The number of aromatic nitrogens is 3. The second-order valence-corrected chi connectivity index (χ2v) is 5.72. The number of halogens is 3. The molecule has 0 spiro atoms. The molecule has 0 aliphatic carbocycles. The van der Waals surface area contributed by atoms with Crippen molar-refractivity contribution in [3.8, 4) is 11.4 Å². The minimum Gasteiger partial charge on any atom is -0.497 e. The molecule has 0 aliphatic heterocycles. The van der Waals surface area contributed by atoms with Crippen molar-refractivity contribution >= 4 is 0 Å². The largest absolute Gasteiger partial charge is 0.497 e. The zero-order valence-corrected chi connectivity index (χ0v) is 14.1. The van der Waals surface area contributed by atoms with Gasteiger partial charge in [0.15, 0.2) is 0 Å². The first-order chi connectivity index (χ1) is 12.3. The first-order valence-corrected chi connectivity index (χ1v) is 7.76. The van der Waals surface area contributed by atoms with Gasteiger partial charge >= 0.3 is 11.9 Å². The van der Waals surface area contributed by atoms with Crippen LogP contribution in [0.3, 0.4) is 0 Å². The topological polar surface area (TPSA) is 49.0 Å². The van der Waals surface area contributed by atoms with Gasteiger partial charge in [-0.25, -0.2) is 14.0 Å². The molecule has 3 aromatic rings. The van der Waals surface area contributed by atoms with E-state index in [1.54, 1.807) is 31.2 Å². The Bertz CT molecular complexity index is 990. The summed E-state index contributed by atoms with van der Waals surface area (Å²) in [5, 5.41) is 4.17. The van der Waals surface area contributed by atoms with E-state index in [9.17, 15) is 18.0 Å². The Morgan fingerprint density at radius 2 is 1.85 bits per heavy atom. The summed E-state index contributed by atoms with van der Waals surface area (Å²) < 4.78 is 46.2. The standard InChI is InChI=1S/C18H16F3N3O2/c1-12-22-23(11-13-5-3-6-14(9-13)18(19,20)21)17(25)24(12)15-7-4-8-16(10-15)26-2/h3-10H,11H2,1-2H3. The zero-order valence-electron chi connectivity index (χ0n) is 14.1. The molecular weight excluding hydrogens is 347 g/mol. The van der Waals surface area contributed by atoms with Crippen LogP contribution in [0.5, 0.6) is 5.75 Å². The number of methoxy groups -OCH3 is 1. The van der Waals surface area contributed by atoms with E-state index < -0.39 is 17.4 Å². The van der Waals surface area contributed by atoms with Crippen molar-refractivity contribution in [1.82, 2.24) is 14.3 Å². The molecule has 0 amide bonds. The average molecular weight is 363 g/mol. The monoisotopic (exact) mass is 363 g/mol. The smallest absolute Gasteiger partial charge is 0.416 e. The number of hydrogen-bond donors (Lipinski definition) is 0. The fourth-order valence-corrected chi connectivity index (χ4v) is 2.68.